The first-order chi connectivity index (χ1) is 16.7. The summed E-state index contributed by atoms with van der Waals surface area (Å²) in [5.74, 6) is 4.24. The zero-order valence-corrected chi connectivity index (χ0v) is 23.3. The molecule has 0 unspecified atom stereocenters. The molecular weight excluding hydrogens is 432 g/mol. The average molecular weight is 485 g/mol. The van der Waals surface area contributed by atoms with Crippen molar-refractivity contribution in [1.29, 1.82) is 0 Å². The third-order valence-corrected chi connectivity index (χ3v) is 11.6. The summed E-state index contributed by atoms with van der Waals surface area (Å²) in [7, 11) is 0. The third kappa shape index (κ3) is 4.83. The Bertz CT molecular complexity index is 795. The molecule has 0 aromatic heterocycles. The van der Waals surface area contributed by atoms with Crippen LogP contribution in [0.15, 0.2) is 11.6 Å². The van der Waals surface area contributed by atoms with Crippen molar-refractivity contribution in [2.24, 2.45) is 46.3 Å². The molecule has 3 nitrogen and oxygen atoms in total. The molecule has 1 saturated heterocycles. The Morgan fingerprint density at radius 1 is 1.00 bits per heavy atom. The summed E-state index contributed by atoms with van der Waals surface area (Å²) in [5, 5.41) is 0. The molecule has 0 radical (unpaired) electrons. The number of hydrogen-bond acceptors (Lipinski definition) is 3. The summed E-state index contributed by atoms with van der Waals surface area (Å²) < 4.78 is 12.3. The zero-order valence-electron chi connectivity index (χ0n) is 23.3. The van der Waals surface area contributed by atoms with Crippen molar-refractivity contribution in [2.45, 2.75) is 130 Å². The number of allylic oxidation sites excluding steroid dienone is 1. The summed E-state index contributed by atoms with van der Waals surface area (Å²) in [6.07, 6.45) is 18.2. The second-order valence-electron chi connectivity index (χ2n) is 14.1. The van der Waals surface area contributed by atoms with Crippen molar-refractivity contribution in [3.05, 3.63) is 11.6 Å². The summed E-state index contributed by atoms with van der Waals surface area (Å²) >= 11 is 0. The minimum atomic E-state index is -0.0286. The Kier molecular flexibility index (Phi) is 7.59. The Balaban J connectivity index is 1.29. The van der Waals surface area contributed by atoms with Gasteiger partial charge in [-0.15, -0.1) is 0 Å². The fourth-order valence-corrected chi connectivity index (χ4v) is 9.54. The number of fused-ring (bicyclic) bond motifs is 5. The van der Waals surface area contributed by atoms with Crippen LogP contribution in [0.5, 0.6) is 0 Å². The maximum absolute atomic E-state index is 13.8. The van der Waals surface area contributed by atoms with E-state index in [-0.39, 0.29) is 23.7 Å². The Hall–Kier alpha value is -0.670. The molecule has 198 valence electrons. The molecule has 4 fully saturated rings. The van der Waals surface area contributed by atoms with Gasteiger partial charge in [-0.1, -0.05) is 59.5 Å². The van der Waals surface area contributed by atoms with E-state index in [1.807, 2.05) is 0 Å². The van der Waals surface area contributed by atoms with Gasteiger partial charge >= 0.3 is 0 Å². The summed E-state index contributed by atoms with van der Waals surface area (Å²) in [4.78, 5) is 13.8. The van der Waals surface area contributed by atoms with Gasteiger partial charge in [0, 0.05) is 12.5 Å². The number of hydrogen-bond donors (Lipinski definition) is 0. The summed E-state index contributed by atoms with van der Waals surface area (Å²) in [5.41, 5.74) is 1.94. The van der Waals surface area contributed by atoms with Crippen LogP contribution in [0.3, 0.4) is 0 Å². The van der Waals surface area contributed by atoms with Crippen molar-refractivity contribution in [3.63, 3.8) is 0 Å². The van der Waals surface area contributed by atoms with E-state index in [1.165, 1.54) is 63.4 Å². The number of carbonyl (C=O) groups excluding carboxylic acids is 1. The van der Waals surface area contributed by atoms with Gasteiger partial charge < -0.3 is 9.47 Å². The van der Waals surface area contributed by atoms with Gasteiger partial charge in [0.25, 0.3) is 0 Å². The number of ether oxygens (including phenoxy) is 2. The van der Waals surface area contributed by atoms with Crippen molar-refractivity contribution < 1.29 is 14.3 Å². The van der Waals surface area contributed by atoms with E-state index in [4.69, 9.17) is 9.47 Å². The molecule has 35 heavy (non-hydrogen) atoms. The number of rotatable bonds is 7. The lowest BCUT2D eigenvalue weighted by atomic mass is 9.46. The highest BCUT2D eigenvalue weighted by atomic mass is 16.7. The monoisotopic (exact) mass is 484 g/mol. The molecule has 1 heterocycles. The van der Waals surface area contributed by atoms with Crippen LogP contribution < -0.4 is 0 Å². The van der Waals surface area contributed by atoms with Gasteiger partial charge in [-0.2, -0.15) is 0 Å². The van der Waals surface area contributed by atoms with Crippen molar-refractivity contribution in [3.8, 4) is 0 Å². The first-order valence-corrected chi connectivity index (χ1v) is 15.2. The van der Waals surface area contributed by atoms with Crippen LogP contribution >= 0.6 is 0 Å². The molecule has 0 bridgehead atoms. The highest BCUT2D eigenvalue weighted by molar-refractivity contribution is 5.94. The van der Waals surface area contributed by atoms with E-state index in [9.17, 15) is 4.79 Å². The molecule has 3 saturated carbocycles. The Morgan fingerprint density at radius 2 is 1.83 bits per heavy atom. The van der Waals surface area contributed by atoms with Gasteiger partial charge in [0.15, 0.2) is 12.1 Å². The van der Waals surface area contributed by atoms with Gasteiger partial charge in [0.05, 0.1) is 6.10 Å². The van der Waals surface area contributed by atoms with Crippen LogP contribution in [0, 0.1) is 46.3 Å². The lowest BCUT2D eigenvalue weighted by molar-refractivity contribution is -0.195. The van der Waals surface area contributed by atoms with E-state index >= 15 is 0 Å². The van der Waals surface area contributed by atoms with Crippen LogP contribution in [-0.4, -0.2) is 24.8 Å². The molecule has 4 aliphatic carbocycles. The highest BCUT2D eigenvalue weighted by Gasteiger charge is 2.61. The average Bonchev–Trinajstić information content (AvgIpc) is 3.17. The van der Waals surface area contributed by atoms with Crippen molar-refractivity contribution in [2.75, 3.05) is 6.61 Å². The van der Waals surface area contributed by atoms with Gasteiger partial charge in [-0.05, 0) is 111 Å². The van der Waals surface area contributed by atoms with E-state index in [2.05, 4.69) is 40.7 Å². The first-order valence-electron chi connectivity index (χ1n) is 15.2. The van der Waals surface area contributed by atoms with Crippen LogP contribution in [0.25, 0.3) is 0 Å². The van der Waals surface area contributed by atoms with E-state index < -0.39 is 0 Å². The Morgan fingerprint density at radius 3 is 2.57 bits per heavy atom. The summed E-state index contributed by atoms with van der Waals surface area (Å²) in [6.45, 7) is 13.1. The Labute approximate surface area is 215 Å². The van der Waals surface area contributed by atoms with Crippen LogP contribution in [0.4, 0.5) is 0 Å². The molecular formula is C32H52O3. The van der Waals surface area contributed by atoms with Crippen LogP contribution in [0.1, 0.15) is 118 Å². The molecule has 0 N–H and O–H groups in total. The lowest BCUT2D eigenvalue weighted by Crippen LogP contribution is -2.54. The largest absolute Gasteiger partial charge is 0.353 e. The third-order valence-electron chi connectivity index (χ3n) is 11.6. The van der Waals surface area contributed by atoms with Crippen molar-refractivity contribution >= 4 is 5.78 Å². The standard InChI is InChI=1S/C32H52O3/c1-21(2)9-8-10-22(3)25-12-13-26-30-27(15-17-32(25,26)5)31(4)16-14-24(19-23(31)20-28(30)33)35-29-11-6-7-18-34-29/h20-22,24-27,29-30H,6-19H2,1-5H3/t22-,24+,25-,26+,27+,29-,30+,31+,32-/m1/s1. The van der Waals surface area contributed by atoms with Crippen molar-refractivity contribution in [1.82, 2.24) is 0 Å². The number of ketones is 1. The minimum absolute atomic E-state index is 0.0286. The second-order valence-corrected chi connectivity index (χ2v) is 14.1. The maximum atomic E-state index is 13.8. The molecule has 1 aliphatic heterocycles. The molecule has 3 heteroatoms. The van der Waals surface area contributed by atoms with Gasteiger partial charge in [-0.3, -0.25) is 4.79 Å². The highest BCUT2D eigenvalue weighted by Crippen LogP contribution is 2.66. The molecule has 0 aromatic rings. The topological polar surface area (TPSA) is 35.5 Å². The van der Waals surface area contributed by atoms with Crippen LogP contribution in [0.2, 0.25) is 0 Å². The minimum Gasteiger partial charge on any atom is -0.353 e. The smallest absolute Gasteiger partial charge is 0.159 e. The normalized spacial score (nSPS) is 44.4. The fourth-order valence-electron chi connectivity index (χ4n) is 9.54. The predicted molar refractivity (Wildman–Crippen MR) is 142 cm³/mol. The lowest BCUT2D eigenvalue weighted by Gasteiger charge is -2.57. The summed E-state index contributed by atoms with van der Waals surface area (Å²) in [6, 6.07) is 0. The molecule has 0 amide bonds. The van der Waals surface area contributed by atoms with E-state index in [0.717, 1.165) is 50.0 Å². The van der Waals surface area contributed by atoms with E-state index in [0.29, 0.717) is 23.0 Å². The number of carbonyl (C=O) groups is 1. The van der Waals surface area contributed by atoms with Gasteiger partial charge in [-0.25, -0.2) is 0 Å². The van der Waals surface area contributed by atoms with E-state index in [1.54, 1.807) is 0 Å². The SMILES string of the molecule is CC(C)CCC[C@@H](C)[C@H]1CC[C@H]2[C@@H]3C(=O)C=C4C[C@@H](O[C@@H]5CCCCO5)CC[C@]4(C)[C@H]3CC[C@]12C. The zero-order chi connectivity index (χ0) is 24.8. The maximum Gasteiger partial charge on any atom is 0.159 e. The molecule has 0 aromatic carbocycles. The van der Waals surface area contributed by atoms with Gasteiger partial charge in [0.1, 0.15) is 0 Å². The second kappa shape index (κ2) is 10.2. The van der Waals surface area contributed by atoms with Gasteiger partial charge in [0.2, 0.25) is 0 Å². The molecule has 5 aliphatic rings. The quantitative estimate of drug-likeness (QED) is 0.366. The first kappa shape index (κ1) is 26.0. The fraction of sp³-hybridized carbons (Fsp3) is 0.906. The molecule has 5 rings (SSSR count). The molecule has 0 spiro atoms. The molecule has 9 atom stereocenters. The van der Waals surface area contributed by atoms with Crippen LogP contribution in [-0.2, 0) is 14.3 Å². The predicted octanol–water partition coefficient (Wildman–Crippen LogP) is 8.12.